The van der Waals surface area contributed by atoms with Gasteiger partial charge in [-0.25, -0.2) is 0 Å². The normalized spacial score (nSPS) is 20.9. The predicted molar refractivity (Wildman–Crippen MR) is 83.7 cm³/mol. The lowest BCUT2D eigenvalue weighted by Crippen LogP contribution is -2.29. The number of aliphatic hydroxyl groups is 1. The van der Waals surface area contributed by atoms with Gasteiger partial charge in [0.15, 0.2) is 0 Å². The van der Waals surface area contributed by atoms with E-state index >= 15 is 0 Å². The smallest absolute Gasteiger partial charge is 0.274 e. The fourth-order valence-corrected chi connectivity index (χ4v) is 2.96. The summed E-state index contributed by atoms with van der Waals surface area (Å²) in [4.78, 5) is 22.4. The van der Waals surface area contributed by atoms with Crippen LogP contribution in [0.2, 0.25) is 0 Å². The molecule has 0 spiro atoms. The monoisotopic (exact) mass is 315 g/mol. The van der Waals surface area contributed by atoms with Crippen LogP contribution in [0.4, 0.5) is 0 Å². The maximum atomic E-state index is 12.5. The van der Waals surface area contributed by atoms with E-state index in [1.54, 1.807) is 29.6 Å². The van der Waals surface area contributed by atoms with Crippen molar-refractivity contribution in [3.63, 3.8) is 0 Å². The highest BCUT2D eigenvalue weighted by atomic mass is 16.3. The first-order chi connectivity index (χ1) is 11.2. The van der Waals surface area contributed by atoms with Crippen molar-refractivity contribution in [1.29, 1.82) is 0 Å². The number of hydrogen-bond donors (Lipinski definition) is 2. The number of aryl methyl sites for hydroxylation is 1. The molecule has 2 atom stereocenters. The van der Waals surface area contributed by atoms with Crippen molar-refractivity contribution in [2.24, 2.45) is 5.92 Å². The van der Waals surface area contributed by atoms with Crippen molar-refractivity contribution in [2.75, 3.05) is 13.1 Å². The number of aromatic nitrogens is 4. The van der Waals surface area contributed by atoms with E-state index < -0.39 is 6.10 Å². The minimum Gasteiger partial charge on any atom is -0.391 e. The van der Waals surface area contributed by atoms with Gasteiger partial charge in [-0.05, 0) is 18.9 Å². The number of likely N-dealkylation sites (tertiary alicyclic amines) is 1. The quantitative estimate of drug-likeness (QED) is 0.852. The Labute approximate surface area is 134 Å². The van der Waals surface area contributed by atoms with E-state index in [0.717, 1.165) is 24.2 Å². The Morgan fingerprint density at radius 3 is 3.04 bits per heavy atom. The summed E-state index contributed by atoms with van der Waals surface area (Å²) in [6.45, 7) is 2.92. The van der Waals surface area contributed by atoms with Gasteiger partial charge in [0, 0.05) is 43.3 Å². The number of nitrogens with zero attached hydrogens (tertiary/aromatic N) is 4. The minimum atomic E-state index is -0.546. The third kappa shape index (κ3) is 3.56. The summed E-state index contributed by atoms with van der Waals surface area (Å²) in [7, 11) is 0. The SMILES string of the molecule is CCCc1cc(C(=O)N2C[C@@H](Cc3cnccn3)[C@H](O)C2)n[nH]1. The number of H-pyrrole nitrogens is 1. The van der Waals surface area contributed by atoms with Crippen molar-refractivity contribution >= 4 is 5.91 Å². The van der Waals surface area contributed by atoms with E-state index in [1.165, 1.54) is 0 Å². The molecular weight excluding hydrogens is 294 g/mol. The van der Waals surface area contributed by atoms with Gasteiger partial charge in [-0.1, -0.05) is 13.3 Å². The van der Waals surface area contributed by atoms with Crippen LogP contribution >= 0.6 is 0 Å². The Bertz CT molecular complexity index is 658. The molecule has 1 aliphatic rings. The van der Waals surface area contributed by atoms with Crippen LogP contribution in [0.5, 0.6) is 0 Å². The van der Waals surface area contributed by atoms with E-state index in [0.29, 0.717) is 25.2 Å². The number of amides is 1. The first-order valence-electron chi connectivity index (χ1n) is 7.94. The van der Waals surface area contributed by atoms with E-state index in [-0.39, 0.29) is 11.8 Å². The van der Waals surface area contributed by atoms with Gasteiger partial charge in [0.1, 0.15) is 5.69 Å². The molecule has 7 heteroatoms. The summed E-state index contributed by atoms with van der Waals surface area (Å²) < 4.78 is 0. The average molecular weight is 315 g/mol. The second-order valence-electron chi connectivity index (χ2n) is 5.97. The van der Waals surface area contributed by atoms with E-state index in [2.05, 4.69) is 27.1 Å². The molecule has 1 aliphatic heterocycles. The Morgan fingerprint density at radius 2 is 2.30 bits per heavy atom. The summed E-state index contributed by atoms with van der Waals surface area (Å²) in [5, 5.41) is 17.2. The van der Waals surface area contributed by atoms with Crippen molar-refractivity contribution in [3.05, 3.63) is 41.7 Å². The van der Waals surface area contributed by atoms with Gasteiger partial charge in [0.25, 0.3) is 5.91 Å². The molecule has 3 heterocycles. The van der Waals surface area contributed by atoms with Crippen LogP contribution in [0.25, 0.3) is 0 Å². The molecular formula is C16H21N5O2. The first kappa shape index (κ1) is 15.6. The van der Waals surface area contributed by atoms with Gasteiger partial charge >= 0.3 is 0 Å². The molecule has 1 amide bonds. The Hall–Kier alpha value is -2.28. The second kappa shape index (κ2) is 6.87. The molecule has 0 aliphatic carbocycles. The van der Waals surface area contributed by atoms with Crippen LogP contribution in [0.15, 0.2) is 24.7 Å². The van der Waals surface area contributed by atoms with Gasteiger partial charge < -0.3 is 10.0 Å². The van der Waals surface area contributed by atoms with Gasteiger partial charge in [-0.2, -0.15) is 5.10 Å². The van der Waals surface area contributed by atoms with Crippen molar-refractivity contribution in [2.45, 2.75) is 32.3 Å². The number of aliphatic hydroxyl groups excluding tert-OH is 1. The highest BCUT2D eigenvalue weighted by Gasteiger charge is 2.35. The zero-order valence-electron chi connectivity index (χ0n) is 13.1. The molecule has 0 aromatic carbocycles. The summed E-state index contributed by atoms with van der Waals surface area (Å²) in [6.07, 6.45) is 6.89. The van der Waals surface area contributed by atoms with Gasteiger partial charge in [-0.3, -0.25) is 19.9 Å². The molecule has 0 unspecified atom stereocenters. The van der Waals surface area contributed by atoms with Crippen LogP contribution in [0.3, 0.4) is 0 Å². The van der Waals surface area contributed by atoms with Crippen molar-refractivity contribution in [1.82, 2.24) is 25.1 Å². The van der Waals surface area contributed by atoms with Crippen LogP contribution in [-0.4, -0.2) is 55.3 Å². The number of carbonyl (C=O) groups excluding carboxylic acids is 1. The number of β-amino-alcohol motifs (C(OH)–C–C–N with tert-alkyl or cyclic N) is 1. The molecule has 7 nitrogen and oxygen atoms in total. The zero-order valence-corrected chi connectivity index (χ0v) is 13.1. The van der Waals surface area contributed by atoms with Crippen LogP contribution < -0.4 is 0 Å². The summed E-state index contributed by atoms with van der Waals surface area (Å²) >= 11 is 0. The largest absolute Gasteiger partial charge is 0.391 e. The fraction of sp³-hybridized carbons (Fsp3) is 0.500. The number of rotatable bonds is 5. The zero-order chi connectivity index (χ0) is 16.2. The number of hydrogen-bond acceptors (Lipinski definition) is 5. The number of nitrogens with one attached hydrogen (secondary N) is 1. The molecule has 3 rings (SSSR count). The van der Waals surface area contributed by atoms with Gasteiger partial charge in [-0.15, -0.1) is 0 Å². The number of aromatic amines is 1. The third-order valence-electron chi connectivity index (χ3n) is 4.15. The predicted octanol–water partition coefficient (Wildman–Crippen LogP) is 0.828. The topological polar surface area (TPSA) is 95.0 Å². The van der Waals surface area contributed by atoms with Crippen LogP contribution in [0.1, 0.15) is 35.2 Å². The molecule has 1 fully saturated rings. The molecule has 2 aromatic heterocycles. The standard InChI is InChI=1S/C16H21N5O2/c1-2-3-12-7-14(20-19-12)16(23)21-9-11(15(22)10-21)6-13-8-17-4-5-18-13/h4-5,7-8,11,15,22H,2-3,6,9-10H2,1H3,(H,19,20)/t11-,15-/m1/s1. The average Bonchev–Trinajstić information content (AvgIpc) is 3.16. The first-order valence-corrected chi connectivity index (χ1v) is 7.94. The fourth-order valence-electron chi connectivity index (χ4n) is 2.96. The van der Waals surface area contributed by atoms with E-state index in [9.17, 15) is 9.90 Å². The summed E-state index contributed by atoms with van der Waals surface area (Å²) in [6, 6.07) is 1.80. The molecule has 1 saturated heterocycles. The second-order valence-corrected chi connectivity index (χ2v) is 5.97. The minimum absolute atomic E-state index is 0.0234. The lowest BCUT2D eigenvalue weighted by atomic mass is 10.0. The van der Waals surface area contributed by atoms with Crippen molar-refractivity contribution < 1.29 is 9.90 Å². The molecule has 2 N–H and O–H groups in total. The number of carbonyl (C=O) groups is 1. The molecule has 122 valence electrons. The van der Waals surface area contributed by atoms with E-state index in [1.807, 2.05) is 0 Å². The highest BCUT2D eigenvalue weighted by molar-refractivity contribution is 5.92. The molecule has 23 heavy (non-hydrogen) atoms. The molecule has 0 saturated carbocycles. The summed E-state index contributed by atoms with van der Waals surface area (Å²) in [5.41, 5.74) is 2.21. The lowest BCUT2D eigenvalue weighted by molar-refractivity contribution is 0.0759. The maximum absolute atomic E-state index is 12.5. The third-order valence-corrected chi connectivity index (χ3v) is 4.15. The lowest BCUT2D eigenvalue weighted by Gasteiger charge is -2.14. The highest BCUT2D eigenvalue weighted by Crippen LogP contribution is 2.22. The van der Waals surface area contributed by atoms with Gasteiger partial charge in [0.2, 0.25) is 0 Å². The Balaban J connectivity index is 1.64. The molecule has 2 aromatic rings. The Morgan fingerprint density at radius 1 is 1.43 bits per heavy atom. The Kier molecular flexibility index (Phi) is 4.66. The van der Waals surface area contributed by atoms with Crippen molar-refractivity contribution in [3.8, 4) is 0 Å². The molecule has 0 bridgehead atoms. The molecule has 0 radical (unpaired) electrons. The summed E-state index contributed by atoms with van der Waals surface area (Å²) in [5.74, 6) is -0.158. The maximum Gasteiger partial charge on any atom is 0.274 e. The van der Waals surface area contributed by atoms with Crippen LogP contribution in [0, 0.1) is 5.92 Å². The van der Waals surface area contributed by atoms with Crippen LogP contribution in [-0.2, 0) is 12.8 Å². The van der Waals surface area contributed by atoms with Gasteiger partial charge in [0.05, 0.1) is 11.8 Å². The van der Waals surface area contributed by atoms with E-state index in [4.69, 9.17) is 0 Å².